The molecule has 0 atom stereocenters. The molecule has 0 radical (unpaired) electrons. The number of carbonyl (C=O) groups excluding carboxylic acids is 1. The summed E-state index contributed by atoms with van der Waals surface area (Å²) in [7, 11) is 1.54. The predicted octanol–water partition coefficient (Wildman–Crippen LogP) is 5.73. The third-order valence-corrected chi connectivity index (χ3v) is 6.13. The highest BCUT2D eigenvalue weighted by Gasteiger charge is 2.28. The molecular formula is C23H14Cl3N5O3. The van der Waals surface area contributed by atoms with Crippen molar-refractivity contribution in [3.8, 4) is 17.5 Å². The average Bonchev–Trinajstić information content (AvgIpc) is 3.44. The molecule has 11 heteroatoms. The molecule has 0 bridgehead atoms. The summed E-state index contributed by atoms with van der Waals surface area (Å²) >= 11 is 19.2. The first-order valence-corrected chi connectivity index (χ1v) is 11.0. The first-order valence-electron chi connectivity index (χ1n) is 9.91. The Balaban J connectivity index is 1.62. The third-order valence-electron chi connectivity index (χ3n) is 5.15. The highest BCUT2D eigenvalue weighted by Crippen LogP contribution is 2.36. The monoisotopic (exact) mass is 513 g/mol. The van der Waals surface area contributed by atoms with Crippen molar-refractivity contribution < 1.29 is 13.9 Å². The van der Waals surface area contributed by atoms with E-state index in [4.69, 9.17) is 44.0 Å². The number of hydrogen-bond donors (Lipinski definition) is 0. The summed E-state index contributed by atoms with van der Waals surface area (Å²) in [5.41, 5.74) is 1.68. The van der Waals surface area contributed by atoms with Crippen LogP contribution >= 0.6 is 34.8 Å². The number of rotatable bonds is 6. The summed E-state index contributed by atoms with van der Waals surface area (Å²) in [6.45, 7) is 0.303. The maximum atomic E-state index is 13.5. The zero-order chi connectivity index (χ0) is 23.8. The van der Waals surface area contributed by atoms with Gasteiger partial charge in [-0.05, 0) is 42.0 Å². The van der Waals surface area contributed by atoms with Crippen molar-refractivity contribution in [1.82, 2.24) is 24.7 Å². The van der Waals surface area contributed by atoms with Crippen LogP contribution < -0.4 is 4.74 Å². The second kappa shape index (κ2) is 9.06. The van der Waals surface area contributed by atoms with Gasteiger partial charge in [0.15, 0.2) is 0 Å². The van der Waals surface area contributed by atoms with E-state index >= 15 is 0 Å². The minimum Gasteiger partial charge on any atom is -0.497 e. The lowest BCUT2D eigenvalue weighted by Gasteiger charge is -2.10. The zero-order valence-electron chi connectivity index (χ0n) is 17.5. The number of methoxy groups -OCH3 is 1. The number of halogens is 3. The number of ketones is 1. The van der Waals surface area contributed by atoms with E-state index in [1.54, 1.807) is 42.0 Å². The fourth-order valence-electron chi connectivity index (χ4n) is 3.54. The molecule has 0 spiro atoms. The Morgan fingerprint density at radius 1 is 1.06 bits per heavy atom. The summed E-state index contributed by atoms with van der Waals surface area (Å²) in [5.74, 6) is 0.00870. The van der Waals surface area contributed by atoms with E-state index in [2.05, 4.69) is 20.2 Å². The van der Waals surface area contributed by atoms with Crippen LogP contribution in [0.1, 0.15) is 21.8 Å². The SMILES string of the molecule is COc1ccc2c(c1)c(C(=O)c1nnc(-c3ncccn3)o1)c(Cl)n2Cc1ccc(Cl)cc1Cl. The van der Waals surface area contributed by atoms with E-state index in [-0.39, 0.29) is 28.3 Å². The van der Waals surface area contributed by atoms with Gasteiger partial charge in [0.2, 0.25) is 5.82 Å². The van der Waals surface area contributed by atoms with Crippen molar-refractivity contribution in [2.75, 3.05) is 7.11 Å². The molecule has 0 aliphatic heterocycles. The van der Waals surface area contributed by atoms with Gasteiger partial charge >= 0.3 is 0 Å². The quantitative estimate of drug-likeness (QED) is 0.267. The number of fused-ring (bicyclic) bond motifs is 1. The van der Waals surface area contributed by atoms with Gasteiger partial charge in [-0.3, -0.25) is 4.79 Å². The van der Waals surface area contributed by atoms with E-state index in [0.717, 1.165) is 5.56 Å². The first kappa shape index (κ1) is 22.3. The van der Waals surface area contributed by atoms with Gasteiger partial charge in [0.1, 0.15) is 10.9 Å². The summed E-state index contributed by atoms with van der Waals surface area (Å²) in [4.78, 5) is 21.6. The smallest absolute Gasteiger partial charge is 0.289 e. The number of nitrogens with zero attached hydrogens (tertiary/aromatic N) is 5. The van der Waals surface area contributed by atoms with Crippen molar-refractivity contribution in [3.63, 3.8) is 0 Å². The molecule has 0 aliphatic carbocycles. The summed E-state index contributed by atoms with van der Waals surface area (Å²) in [5, 5.41) is 9.56. The van der Waals surface area contributed by atoms with Gasteiger partial charge in [-0.2, -0.15) is 0 Å². The Morgan fingerprint density at radius 2 is 1.85 bits per heavy atom. The second-order valence-corrected chi connectivity index (χ2v) is 8.39. The van der Waals surface area contributed by atoms with Gasteiger partial charge in [0.05, 0.1) is 24.7 Å². The maximum absolute atomic E-state index is 13.5. The van der Waals surface area contributed by atoms with Gasteiger partial charge in [0.25, 0.3) is 17.6 Å². The Hall–Kier alpha value is -3.46. The minimum atomic E-state index is -0.543. The lowest BCUT2D eigenvalue weighted by molar-refractivity contribution is 0.100. The molecule has 5 aromatic rings. The van der Waals surface area contributed by atoms with E-state index < -0.39 is 5.78 Å². The standard InChI is InChI=1S/C23H14Cl3N5O3/c1-33-14-5-6-17-15(10-14)18(20(26)31(17)11-12-3-4-13(24)9-16(12)25)19(32)22-29-30-23(34-22)21-27-7-2-8-28-21/h2-10H,11H2,1H3. The van der Waals surface area contributed by atoms with Gasteiger partial charge in [0, 0.05) is 27.8 Å². The number of benzene rings is 2. The van der Waals surface area contributed by atoms with Gasteiger partial charge in [-0.1, -0.05) is 40.9 Å². The number of hydrogen-bond acceptors (Lipinski definition) is 7. The van der Waals surface area contributed by atoms with Crippen molar-refractivity contribution >= 4 is 51.5 Å². The molecule has 0 saturated carbocycles. The highest BCUT2D eigenvalue weighted by molar-refractivity contribution is 6.37. The molecule has 0 amide bonds. The number of aromatic nitrogens is 5. The van der Waals surface area contributed by atoms with Crippen LogP contribution in [0.15, 0.2) is 59.3 Å². The molecule has 0 aliphatic rings. The Kier molecular flexibility index (Phi) is 5.95. The van der Waals surface area contributed by atoms with Crippen LogP contribution in [0.25, 0.3) is 22.6 Å². The molecule has 170 valence electrons. The van der Waals surface area contributed by atoms with Gasteiger partial charge < -0.3 is 13.7 Å². The lowest BCUT2D eigenvalue weighted by atomic mass is 10.1. The van der Waals surface area contributed by atoms with E-state index in [9.17, 15) is 4.79 Å². The highest BCUT2D eigenvalue weighted by atomic mass is 35.5. The van der Waals surface area contributed by atoms with Crippen LogP contribution in [-0.2, 0) is 6.54 Å². The minimum absolute atomic E-state index is 0.0225. The summed E-state index contributed by atoms with van der Waals surface area (Å²) in [6.07, 6.45) is 3.07. The maximum Gasteiger partial charge on any atom is 0.289 e. The normalized spacial score (nSPS) is 11.2. The molecule has 3 aromatic heterocycles. The molecule has 8 nitrogen and oxygen atoms in total. The van der Waals surface area contributed by atoms with E-state index in [1.807, 2.05) is 12.1 Å². The molecule has 0 N–H and O–H groups in total. The molecule has 0 saturated heterocycles. The van der Waals surface area contributed by atoms with Crippen molar-refractivity contribution in [2.24, 2.45) is 0 Å². The molecule has 3 heterocycles. The molecule has 2 aromatic carbocycles. The topological polar surface area (TPSA) is 95.9 Å². The summed E-state index contributed by atoms with van der Waals surface area (Å²) in [6, 6.07) is 12.2. The van der Waals surface area contributed by atoms with Crippen molar-refractivity contribution in [2.45, 2.75) is 6.54 Å². The molecule has 0 fully saturated rings. The zero-order valence-corrected chi connectivity index (χ0v) is 19.8. The van der Waals surface area contributed by atoms with Gasteiger partial charge in [-0.25, -0.2) is 9.97 Å². The van der Waals surface area contributed by atoms with Crippen LogP contribution in [0, 0.1) is 0 Å². The van der Waals surface area contributed by atoms with Crippen LogP contribution in [0.3, 0.4) is 0 Å². The molecule has 0 unspecified atom stereocenters. The number of carbonyl (C=O) groups is 1. The average molecular weight is 515 g/mol. The Labute approximate surface area is 208 Å². The van der Waals surface area contributed by atoms with Crippen LogP contribution in [-0.4, -0.2) is 37.6 Å². The van der Waals surface area contributed by atoms with Crippen molar-refractivity contribution in [3.05, 3.63) is 87.1 Å². The van der Waals surface area contributed by atoms with Crippen LogP contribution in [0.4, 0.5) is 0 Å². The van der Waals surface area contributed by atoms with E-state index in [0.29, 0.717) is 33.2 Å². The Morgan fingerprint density at radius 3 is 2.59 bits per heavy atom. The Bertz CT molecular complexity index is 1530. The lowest BCUT2D eigenvalue weighted by Crippen LogP contribution is -2.04. The van der Waals surface area contributed by atoms with Crippen LogP contribution in [0.5, 0.6) is 5.75 Å². The third kappa shape index (κ3) is 4.00. The molecular weight excluding hydrogens is 501 g/mol. The molecule has 34 heavy (non-hydrogen) atoms. The number of ether oxygens (including phenoxy) is 1. The summed E-state index contributed by atoms with van der Waals surface area (Å²) < 4.78 is 12.7. The first-order chi connectivity index (χ1) is 16.5. The van der Waals surface area contributed by atoms with Gasteiger partial charge in [-0.15, -0.1) is 10.2 Å². The predicted molar refractivity (Wildman–Crippen MR) is 128 cm³/mol. The fourth-order valence-corrected chi connectivity index (χ4v) is 4.35. The second-order valence-electron chi connectivity index (χ2n) is 7.18. The molecule has 5 rings (SSSR count). The van der Waals surface area contributed by atoms with Crippen LogP contribution in [0.2, 0.25) is 15.2 Å². The largest absolute Gasteiger partial charge is 0.497 e. The fraction of sp³-hybridized carbons (Fsp3) is 0.0870. The van der Waals surface area contributed by atoms with E-state index in [1.165, 1.54) is 12.4 Å². The van der Waals surface area contributed by atoms with Crippen molar-refractivity contribution in [1.29, 1.82) is 0 Å².